The maximum atomic E-state index is 11.3. The highest BCUT2D eigenvalue weighted by molar-refractivity contribution is 6.02. The molecule has 0 saturated heterocycles. The summed E-state index contributed by atoms with van der Waals surface area (Å²) < 4.78 is 4.37. The molecule has 0 heterocycles. The second kappa shape index (κ2) is 7.17. The van der Waals surface area contributed by atoms with Gasteiger partial charge in [-0.3, -0.25) is 4.79 Å². The zero-order chi connectivity index (χ0) is 12.5. The Bertz CT molecular complexity index is 430. The summed E-state index contributed by atoms with van der Waals surface area (Å²) >= 11 is 0. The normalized spacial score (nSPS) is 10.9. The largest absolute Gasteiger partial charge is 0.466 e. The van der Waals surface area contributed by atoms with E-state index in [0.717, 1.165) is 11.6 Å². The Labute approximate surface area is 100 Å². The third-order valence-corrected chi connectivity index (χ3v) is 2.06. The van der Waals surface area contributed by atoms with Gasteiger partial charge in [0.1, 0.15) is 0 Å². The summed E-state index contributed by atoms with van der Waals surface area (Å²) in [4.78, 5) is 22.0. The first-order valence-electron chi connectivity index (χ1n) is 5.23. The maximum absolute atomic E-state index is 11.3. The van der Waals surface area contributed by atoms with E-state index in [0.29, 0.717) is 6.42 Å². The zero-order valence-electron chi connectivity index (χ0n) is 9.63. The Morgan fingerprint density at radius 2 is 1.82 bits per heavy atom. The fraction of sp³-hybridized carbons (Fsp3) is 0.143. The lowest BCUT2D eigenvalue weighted by atomic mass is 10.1. The van der Waals surface area contributed by atoms with E-state index in [2.05, 4.69) is 4.74 Å². The molecule has 17 heavy (non-hydrogen) atoms. The minimum Gasteiger partial charge on any atom is -0.466 e. The lowest BCUT2D eigenvalue weighted by molar-refractivity contribution is -0.135. The van der Waals surface area contributed by atoms with Crippen molar-refractivity contribution in [3.05, 3.63) is 60.2 Å². The molecular formula is C14H14O3. The number of esters is 1. The maximum Gasteiger partial charge on any atom is 0.330 e. The van der Waals surface area contributed by atoms with E-state index in [-0.39, 0.29) is 5.78 Å². The average molecular weight is 230 g/mol. The van der Waals surface area contributed by atoms with Crippen LogP contribution in [-0.2, 0) is 20.7 Å². The highest BCUT2D eigenvalue weighted by atomic mass is 16.5. The first-order valence-corrected chi connectivity index (χ1v) is 5.23. The van der Waals surface area contributed by atoms with Crippen LogP contribution in [-0.4, -0.2) is 18.9 Å². The van der Waals surface area contributed by atoms with Gasteiger partial charge < -0.3 is 4.74 Å². The minimum atomic E-state index is -0.533. The number of rotatable bonds is 5. The molecule has 0 aliphatic rings. The van der Waals surface area contributed by atoms with Gasteiger partial charge in [-0.25, -0.2) is 4.79 Å². The fourth-order valence-electron chi connectivity index (χ4n) is 1.20. The molecule has 1 aromatic carbocycles. The smallest absolute Gasteiger partial charge is 0.330 e. The molecule has 0 aliphatic heterocycles. The number of allylic oxidation sites excluding steroid dienone is 3. The van der Waals surface area contributed by atoms with Crippen LogP contribution >= 0.6 is 0 Å². The Kier molecular flexibility index (Phi) is 5.44. The Morgan fingerprint density at radius 3 is 2.47 bits per heavy atom. The number of carbonyl (C=O) groups excluding carboxylic acids is 2. The number of carbonyl (C=O) groups is 2. The van der Waals surface area contributed by atoms with E-state index >= 15 is 0 Å². The van der Waals surface area contributed by atoms with Crippen molar-refractivity contribution in [1.82, 2.24) is 0 Å². The third kappa shape index (κ3) is 5.47. The number of ether oxygens (including phenoxy) is 1. The molecule has 0 aromatic heterocycles. The Hall–Kier alpha value is -2.16. The topological polar surface area (TPSA) is 43.4 Å². The van der Waals surface area contributed by atoms with Gasteiger partial charge in [0.05, 0.1) is 7.11 Å². The number of benzene rings is 1. The van der Waals surface area contributed by atoms with Crippen molar-refractivity contribution in [2.24, 2.45) is 0 Å². The standard InChI is InChI=1S/C14H14O3/c1-17-14(16)11-10-13(15)9-5-8-12-6-3-2-4-7-12/h2-7,9-11H,8H2,1H3/b9-5+,11-10+. The first kappa shape index (κ1) is 12.9. The van der Waals surface area contributed by atoms with Crippen molar-refractivity contribution in [1.29, 1.82) is 0 Å². The molecule has 88 valence electrons. The van der Waals surface area contributed by atoms with Crippen LogP contribution in [0.3, 0.4) is 0 Å². The average Bonchev–Trinajstić information content (AvgIpc) is 2.37. The van der Waals surface area contributed by atoms with Gasteiger partial charge in [-0.1, -0.05) is 36.4 Å². The summed E-state index contributed by atoms with van der Waals surface area (Å²) in [7, 11) is 1.27. The first-order chi connectivity index (χ1) is 8.22. The third-order valence-electron chi connectivity index (χ3n) is 2.06. The summed E-state index contributed by atoms with van der Waals surface area (Å²) in [5, 5.41) is 0. The second-order valence-corrected chi connectivity index (χ2v) is 3.35. The number of hydrogen-bond acceptors (Lipinski definition) is 3. The highest BCUT2D eigenvalue weighted by Crippen LogP contribution is 2.00. The zero-order valence-corrected chi connectivity index (χ0v) is 9.63. The number of ketones is 1. The molecule has 0 saturated carbocycles. The Balaban J connectivity index is 2.42. The van der Waals surface area contributed by atoms with Gasteiger partial charge in [-0.05, 0) is 24.1 Å². The van der Waals surface area contributed by atoms with Crippen LogP contribution in [0.1, 0.15) is 5.56 Å². The minimum absolute atomic E-state index is 0.230. The van der Waals surface area contributed by atoms with E-state index in [1.165, 1.54) is 19.3 Å². The SMILES string of the molecule is COC(=O)/C=C/C(=O)/C=C/Cc1ccccc1. The van der Waals surface area contributed by atoms with Gasteiger partial charge in [0, 0.05) is 6.08 Å². The summed E-state index contributed by atoms with van der Waals surface area (Å²) in [6, 6.07) is 9.81. The van der Waals surface area contributed by atoms with Gasteiger partial charge in [-0.2, -0.15) is 0 Å². The van der Waals surface area contributed by atoms with Gasteiger partial charge in [-0.15, -0.1) is 0 Å². The molecule has 0 fully saturated rings. The molecule has 1 rings (SSSR count). The quantitative estimate of drug-likeness (QED) is 0.574. The van der Waals surface area contributed by atoms with Gasteiger partial charge in [0.25, 0.3) is 0 Å². The Morgan fingerprint density at radius 1 is 1.12 bits per heavy atom. The van der Waals surface area contributed by atoms with Gasteiger partial charge in [0.2, 0.25) is 0 Å². The van der Waals surface area contributed by atoms with Gasteiger partial charge >= 0.3 is 5.97 Å². The summed E-state index contributed by atoms with van der Waals surface area (Å²) in [6.07, 6.45) is 6.19. The predicted molar refractivity (Wildman–Crippen MR) is 65.4 cm³/mol. The molecule has 0 N–H and O–H groups in total. The van der Waals surface area contributed by atoms with Crippen molar-refractivity contribution in [3.8, 4) is 0 Å². The monoisotopic (exact) mass is 230 g/mol. The van der Waals surface area contributed by atoms with E-state index in [9.17, 15) is 9.59 Å². The lowest BCUT2D eigenvalue weighted by Crippen LogP contribution is -1.96. The molecule has 0 unspecified atom stereocenters. The van der Waals surface area contributed by atoms with Crippen LogP contribution in [0.5, 0.6) is 0 Å². The molecule has 0 bridgehead atoms. The molecule has 0 radical (unpaired) electrons. The van der Waals surface area contributed by atoms with E-state index in [1.54, 1.807) is 6.08 Å². The van der Waals surface area contributed by atoms with Gasteiger partial charge in [0.15, 0.2) is 5.78 Å². The van der Waals surface area contributed by atoms with Crippen LogP contribution in [0.25, 0.3) is 0 Å². The molecule has 3 heteroatoms. The van der Waals surface area contributed by atoms with Crippen molar-refractivity contribution in [3.63, 3.8) is 0 Å². The van der Waals surface area contributed by atoms with E-state index in [1.807, 2.05) is 30.3 Å². The molecule has 0 aliphatic carbocycles. The molecule has 1 aromatic rings. The van der Waals surface area contributed by atoms with Crippen LogP contribution in [0, 0.1) is 0 Å². The van der Waals surface area contributed by atoms with Crippen LogP contribution < -0.4 is 0 Å². The van der Waals surface area contributed by atoms with Crippen LogP contribution in [0.15, 0.2) is 54.6 Å². The molecule has 0 amide bonds. The lowest BCUT2D eigenvalue weighted by Gasteiger charge is -1.93. The van der Waals surface area contributed by atoms with Crippen molar-refractivity contribution in [2.75, 3.05) is 7.11 Å². The summed E-state index contributed by atoms with van der Waals surface area (Å²) in [5.74, 6) is -0.763. The summed E-state index contributed by atoms with van der Waals surface area (Å²) in [5.41, 5.74) is 1.13. The molecule has 3 nitrogen and oxygen atoms in total. The number of hydrogen-bond donors (Lipinski definition) is 0. The van der Waals surface area contributed by atoms with Crippen LogP contribution in [0.4, 0.5) is 0 Å². The summed E-state index contributed by atoms with van der Waals surface area (Å²) in [6.45, 7) is 0. The highest BCUT2D eigenvalue weighted by Gasteiger charge is 1.94. The predicted octanol–water partition coefficient (Wildman–Crippen LogP) is 2.08. The molecular weight excluding hydrogens is 216 g/mol. The van der Waals surface area contributed by atoms with Crippen molar-refractivity contribution in [2.45, 2.75) is 6.42 Å². The van der Waals surface area contributed by atoms with Crippen molar-refractivity contribution < 1.29 is 14.3 Å². The fourth-order valence-corrected chi connectivity index (χ4v) is 1.20. The second-order valence-electron chi connectivity index (χ2n) is 3.35. The van der Waals surface area contributed by atoms with Crippen LogP contribution in [0.2, 0.25) is 0 Å². The molecule has 0 spiro atoms. The van der Waals surface area contributed by atoms with E-state index < -0.39 is 5.97 Å². The van der Waals surface area contributed by atoms with Crippen molar-refractivity contribution >= 4 is 11.8 Å². The molecule has 0 atom stereocenters. The van der Waals surface area contributed by atoms with E-state index in [4.69, 9.17) is 0 Å². The number of methoxy groups -OCH3 is 1.